The van der Waals surface area contributed by atoms with Gasteiger partial charge in [0, 0.05) is 24.8 Å². The van der Waals surface area contributed by atoms with Gasteiger partial charge in [-0.3, -0.25) is 4.79 Å². The summed E-state index contributed by atoms with van der Waals surface area (Å²) in [6.07, 6.45) is 6.79. The molecule has 1 amide bonds. The van der Waals surface area contributed by atoms with Gasteiger partial charge in [-0.25, -0.2) is 0 Å². The molecule has 4 heteroatoms. The fraction of sp³-hybridized carbons (Fsp3) is 0.933. The van der Waals surface area contributed by atoms with E-state index in [-0.39, 0.29) is 11.7 Å². The van der Waals surface area contributed by atoms with Crippen LogP contribution in [0.1, 0.15) is 59.3 Å². The van der Waals surface area contributed by atoms with Gasteiger partial charge in [0.15, 0.2) is 0 Å². The van der Waals surface area contributed by atoms with Crippen molar-refractivity contribution in [3.05, 3.63) is 0 Å². The minimum atomic E-state index is -0.228. The van der Waals surface area contributed by atoms with Gasteiger partial charge in [-0.05, 0) is 20.3 Å². The molecule has 1 aliphatic heterocycles. The summed E-state index contributed by atoms with van der Waals surface area (Å²) in [6, 6.07) is 0. The molecule has 0 bridgehead atoms. The maximum absolute atomic E-state index is 12.2. The van der Waals surface area contributed by atoms with Crippen molar-refractivity contribution in [3.63, 3.8) is 0 Å². The summed E-state index contributed by atoms with van der Waals surface area (Å²) in [5, 5.41) is 0.788. The van der Waals surface area contributed by atoms with Crippen LogP contribution in [0.5, 0.6) is 0 Å². The molecule has 19 heavy (non-hydrogen) atoms. The first-order valence-corrected chi connectivity index (χ1v) is 8.62. The highest BCUT2D eigenvalue weighted by atomic mass is 79.9. The van der Waals surface area contributed by atoms with Crippen LogP contribution in [0.15, 0.2) is 0 Å². The third kappa shape index (κ3) is 6.26. The highest BCUT2D eigenvalue weighted by Gasteiger charge is 2.34. The number of halogens is 1. The second kappa shape index (κ2) is 8.25. The van der Waals surface area contributed by atoms with Crippen molar-refractivity contribution >= 4 is 21.8 Å². The van der Waals surface area contributed by atoms with Crippen LogP contribution in [0.2, 0.25) is 0 Å². The Morgan fingerprint density at radius 1 is 1.32 bits per heavy atom. The van der Waals surface area contributed by atoms with Crippen molar-refractivity contribution in [3.8, 4) is 0 Å². The van der Waals surface area contributed by atoms with Gasteiger partial charge in [-0.15, -0.1) is 0 Å². The summed E-state index contributed by atoms with van der Waals surface area (Å²) in [5.41, 5.74) is -0.228. The number of ether oxygens (including phenoxy) is 1. The minimum Gasteiger partial charge on any atom is -0.368 e. The summed E-state index contributed by atoms with van der Waals surface area (Å²) in [4.78, 5) is 14.2. The minimum absolute atomic E-state index is 0.118. The fourth-order valence-electron chi connectivity index (χ4n) is 2.60. The van der Waals surface area contributed by atoms with Gasteiger partial charge in [0.2, 0.25) is 5.91 Å². The first-order valence-electron chi connectivity index (χ1n) is 7.50. The predicted molar refractivity (Wildman–Crippen MR) is 82.7 cm³/mol. The fourth-order valence-corrected chi connectivity index (χ4v) is 2.94. The maximum Gasteiger partial charge on any atom is 0.222 e. The molecular weight excluding hydrogens is 306 g/mol. The normalized spacial score (nSPS) is 22.5. The van der Waals surface area contributed by atoms with Gasteiger partial charge >= 0.3 is 0 Å². The molecule has 0 aromatic heterocycles. The molecule has 0 saturated carbocycles. The molecular formula is C15H28BrNO2. The SMILES string of the molecule is CCCCCCCC(=O)N1CC(CBr)OC(C)(C)C1. The van der Waals surface area contributed by atoms with Crippen LogP contribution in [0.3, 0.4) is 0 Å². The molecule has 1 heterocycles. The number of amides is 1. The summed E-state index contributed by atoms with van der Waals surface area (Å²) in [6.45, 7) is 7.76. The van der Waals surface area contributed by atoms with Crippen molar-refractivity contribution in [1.29, 1.82) is 0 Å². The van der Waals surface area contributed by atoms with Crippen LogP contribution < -0.4 is 0 Å². The van der Waals surface area contributed by atoms with Gasteiger partial charge in [0.05, 0.1) is 11.7 Å². The number of alkyl halides is 1. The number of morpholine rings is 1. The van der Waals surface area contributed by atoms with Gasteiger partial charge in [0.25, 0.3) is 0 Å². The standard InChI is InChI=1S/C15H28BrNO2/c1-4-5-6-7-8-9-14(18)17-11-13(10-16)19-15(2,3)12-17/h13H,4-12H2,1-3H3. The maximum atomic E-state index is 12.2. The predicted octanol–water partition coefficient (Wildman–Crippen LogP) is 3.75. The van der Waals surface area contributed by atoms with E-state index in [0.29, 0.717) is 18.9 Å². The number of hydrogen-bond acceptors (Lipinski definition) is 2. The molecule has 1 saturated heterocycles. The van der Waals surface area contributed by atoms with Gasteiger partial charge in [-0.1, -0.05) is 48.5 Å². The van der Waals surface area contributed by atoms with Crippen molar-refractivity contribution in [2.24, 2.45) is 0 Å². The van der Waals surface area contributed by atoms with Gasteiger partial charge in [0.1, 0.15) is 0 Å². The molecule has 0 N–H and O–H groups in total. The molecule has 0 spiro atoms. The number of unbranched alkanes of at least 4 members (excludes halogenated alkanes) is 4. The van der Waals surface area contributed by atoms with E-state index >= 15 is 0 Å². The summed E-state index contributed by atoms with van der Waals surface area (Å²) in [5.74, 6) is 0.291. The van der Waals surface area contributed by atoms with E-state index in [9.17, 15) is 4.79 Å². The number of nitrogens with zero attached hydrogens (tertiary/aromatic N) is 1. The van der Waals surface area contributed by atoms with Gasteiger partial charge < -0.3 is 9.64 Å². The zero-order valence-electron chi connectivity index (χ0n) is 12.6. The van der Waals surface area contributed by atoms with Crippen LogP contribution in [0, 0.1) is 0 Å². The highest BCUT2D eigenvalue weighted by Crippen LogP contribution is 2.23. The average Bonchev–Trinajstić information content (AvgIpc) is 2.36. The number of hydrogen-bond donors (Lipinski definition) is 0. The molecule has 1 unspecified atom stereocenters. The molecule has 0 aromatic rings. The molecule has 1 aliphatic rings. The third-order valence-corrected chi connectivity index (χ3v) is 4.22. The summed E-state index contributed by atoms with van der Waals surface area (Å²) >= 11 is 3.46. The first kappa shape index (κ1) is 17.0. The largest absolute Gasteiger partial charge is 0.368 e. The molecule has 0 radical (unpaired) electrons. The van der Waals surface area contributed by atoms with Crippen molar-refractivity contribution in [2.75, 3.05) is 18.4 Å². The van der Waals surface area contributed by atoms with Crippen LogP contribution >= 0.6 is 15.9 Å². The molecule has 1 rings (SSSR count). The van der Waals surface area contributed by atoms with Crippen LogP contribution in [-0.2, 0) is 9.53 Å². The Balaban J connectivity index is 2.34. The molecule has 0 aromatic carbocycles. The van der Waals surface area contributed by atoms with Crippen molar-refractivity contribution in [2.45, 2.75) is 71.0 Å². The van der Waals surface area contributed by atoms with Crippen molar-refractivity contribution < 1.29 is 9.53 Å². The van der Waals surface area contributed by atoms with E-state index in [1.807, 2.05) is 4.90 Å². The van der Waals surface area contributed by atoms with Crippen molar-refractivity contribution in [1.82, 2.24) is 4.90 Å². The zero-order valence-corrected chi connectivity index (χ0v) is 14.2. The van der Waals surface area contributed by atoms with Crippen LogP contribution in [-0.4, -0.2) is 40.9 Å². The van der Waals surface area contributed by atoms with Crippen LogP contribution in [0.25, 0.3) is 0 Å². The topological polar surface area (TPSA) is 29.5 Å². The van der Waals surface area contributed by atoms with E-state index in [2.05, 4.69) is 36.7 Å². The zero-order chi connectivity index (χ0) is 14.3. The molecule has 1 atom stereocenters. The number of rotatable bonds is 7. The monoisotopic (exact) mass is 333 g/mol. The Morgan fingerprint density at radius 2 is 2.00 bits per heavy atom. The Bertz CT molecular complexity index is 281. The first-order chi connectivity index (χ1) is 8.98. The third-order valence-electron chi connectivity index (χ3n) is 3.50. The lowest BCUT2D eigenvalue weighted by atomic mass is 10.0. The Hall–Kier alpha value is -0.0900. The Kier molecular flexibility index (Phi) is 7.37. The van der Waals surface area contributed by atoms with E-state index in [1.54, 1.807) is 0 Å². The van der Waals surface area contributed by atoms with E-state index in [1.165, 1.54) is 25.7 Å². The number of carbonyl (C=O) groups is 1. The lowest BCUT2D eigenvalue weighted by molar-refractivity contribution is -0.157. The number of carbonyl (C=O) groups excluding carboxylic acids is 1. The lowest BCUT2D eigenvalue weighted by Gasteiger charge is -2.42. The quantitative estimate of drug-likeness (QED) is 0.524. The summed E-state index contributed by atoms with van der Waals surface area (Å²) in [7, 11) is 0. The molecule has 1 fully saturated rings. The second-order valence-corrected chi connectivity index (χ2v) is 6.74. The van der Waals surface area contributed by atoms with E-state index in [4.69, 9.17) is 4.74 Å². The summed E-state index contributed by atoms with van der Waals surface area (Å²) < 4.78 is 5.92. The molecule has 0 aliphatic carbocycles. The van der Waals surface area contributed by atoms with Gasteiger partial charge in [-0.2, -0.15) is 0 Å². The van der Waals surface area contributed by atoms with E-state index in [0.717, 1.165) is 18.3 Å². The lowest BCUT2D eigenvalue weighted by Crippen LogP contribution is -2.55. The molecule has 3 nitrogen and oxygen atoms in total. The average molecular weight is 334 g/mol. The molecule has 112 valence electrons. The second-order valence-electron chi connectivity index (χ2n) is 6.09. The Labute approximate surface area is 126 Å². The highest BCUT2D eigenvalue weighted by molar-refractivity contribution is 9.09. The van der Waals surface area contributed by atoms with E-state index < -0.39 is 0 Å². The Morgan fingerprint density at radius 3 is 2.63 bits per heavy atom. The smallest absolute Gasteiger partial charge is 0.222 e. The van der Waals surface area contributed by atoms with Crippen LogP contribution in [0.4, 0.5) is 0 Å².